The topological polar surface area (TPSA) is 34.9 Å². The molecule has 1 aromatic heterocycles. The Morgan fingerprint density at radius 3 is 2.48 bits per heavy atom. The summed E-state index contributed by atoms with van der Waals surface area (Å²) in [6.07, 6.45) is 1.79. The zero-order valence-electron chi connectivity index (χ0n) is 17.6. The summed E-state index contributed by atoms with van der Waals surface area (Å²) in [6, 6.07) is 18.6. The molecule has 3 aromatic rings. The molecule has 0 aliphatic heterocycles. The summed E-state index contributed by atoms with van der Waals surface area (Å²) in [5.74, 6) is 0. The molecule has 0 radical (unpaired) electrons. The molecule has 1 aliphatic rings. The lowest BCUT2D eigenvalue weighted by atomic mass is 9.69. The molecule has 3 nitrogen and oxygen atoms in total. The van der Waals surface area contributed by atoms with Crippen LogP contribution >= 0.6 is 11.8 Å². The van der Waals surface area contributed by atoms with Gasteiger partial charge in [-0.1, -0.05) is 94.1 Å². The number of fused-ring (bicyclic) bond motifs is 3. The van der Waals surface area contributed by atoms with Crippen molar-refractivity contribution in [2.75, 3.05) is 0 Å². The van der Waals surface area contributed by atoms with Crippen molar-refractivity contribution in [1.29, 1.82) is 0 Å². The van der Waals surface area contributed by atoms with E-state index in [1.165, 1.54) is 5.56 Å². The molecule has 1 atom stereocenters. The maximum Gasteiger partial charge on any atom is 0.258 e. The van der Waals surface area contributed by atoms with Gasteiger partial charge in [0.25, 0.3) is 5.56 Å². The summed E-state index contributed by atoms with van der Waals surface area (Å²) < 4.78 is 1.89. The molecule has 0 spiro atoms. The van der Waals surface area contributed by atoms with E-state index in [2.05, 4.69) is 58.0 Å². The van der Waals surface area contributed by atoms with Gasteiger partial charge in [-0.3, -0.25) is 9.36 Å². The average molecular weight is 405 g/mol. The van der Waals surface area contributed by atoms with Crippen LogP contribution in [-0.2, 0) is 18.4 Å². The van der Waals surface area contributed by atoms with Gasteiger partial charge in [0.05, 0.1) is 17.8 Å². The molecule has 4 heteroatoms. The van der Waals surface area contributed by atoms with E-state index in [0.717, 1.165) is 40.4 Å². The Balaban J connectivity index is 1.99. The molecular formula is C25H28N2OS. The van der Waals surface area contributed by atoms with E-state index in [4.69, 9.17) is 4.98 Å². The molecule has 0 fully saturated rings. The van der Waals surface area contributed by atoms with Gasteiger partial charge in [0, 0.05) is 16.2 Å². The molecule has 29 heavy (non-hydrogen) atoms. The van der Waals surface area contributed by atoms with E-state index in [0.29, 0.717) is 11.8 Å². The van der Waals surface area contributed by atoms with Crippen LogP contribution in [0, 0.1) is 0 Å². The van der Waals surface area contributed by atoms with Crippen molar-refractivity contribution >= 4 is 11.8 Å². The van der Waals surface area contributed by atoms with Crippen molar-refractivity contribution in [1.82, 2.24) is 9.55 Å². The Morgan fingerprint density at radius 2 is 1.79 bits per heavy atom. The van der Waals surface area contributed by atoms with Gasteiger partial charge in [0.1, 0.15) is 0 Å². The van der Waals surface area contributed by atoms with Gasteiger partial charge in [-0.2, -0.15) is 0 Å². The highest BCUT2D eigenvalue weighted by Crippen LogP contribution is 2.43. The van der Waals surface area contributed by atoms with Crippen LogP contribution in [-0.4, -0.2) is 14.8 Å². The van der Waals surface area contributed by atoms with Gasteiger partial charge in [-0.15, -0.1) is 0 Å². The fraction of sp³-hybridized carbons (Fsp3) is 0.360. The Bertz CT molecular complexity index is 1090. The highest BCUT2D eigenvalue weighted by Gasteiger charge is 2.38. The fourth-order valence-corrected chi connectivity index (χ4v) is 5.04. The minimum absolute atomic E-state index is 0.112. The van der Waals surface area contributed by atoms with Crippen molar-refractivity contribution < 1.29 is 0 Å². The van der Waals surface area contributed by atoms with Crippen molar-refractivity contribution in [3.8, 4) is 11.3 Å². The zero-order chi connectivity index (χ0) is 20.6. The van der Waals surface area contributed by atoms with Gasteiger partial charge < -0.3 is 0 Å². The number of aromatic nitrogens is 2. The van der Waals surface area contributed by atoms with E-state index < -0.39 is 0 Å². The van der Waals surface area contributed by atoms with Gasteiger partial charge in [-0.05, 0) is 24.0 Å². The van der Waals surface area contributed by atoms with E-state index in [-0.39, 0.29) is 11.0 Å². The maximum atomic E-state index is 13.9. The van der Waals surface area contributed by atoms with Crippen LogP contribution in [0.2, 0.25) is 0 Å². The highest BCUT2D eigenvalue weighted by atomic mass is 32.2. The van der Waals surface area contributed by atoms with Crippen molar-refractivity contribution in [3.63, 3.8) is 0 Å². The number of thioether (sulfide) groups is 1. The second kappa shape index (κ2) is 7.83. The predicted molar refractivity (Wildman–Crippen MR) is 122 cm³/mol. The lowest BCUT2D eigenvalue weighted by molar-refractivity contribution is 0.430. The number of hydrogen-bond donors (Lipinski definition) is 0. The summed E-state index contributed by atoms with van der Waals surface area (Å²) in [4.78, 5) is 19.0. The minimum Gasteiger partial charge on any atom is -0.283 e. The first kappa shape index (κ1) is 20.0. The molecule has 1 aliphatic carbocycles. The van der Waals surface area contributed by atoms with Crippen LogP contribution in [0.5, 0.6) is 0 Å². The molecule has 0 saturated heterocycles. The molecule has 1 heterocycles. The van der Waals surface area contributed by atoms with Crippen LogP contribution < -0.4 is 5.56 Å². The summed E-state index contributed by atoms with van der Waals surface area (Å²) >= 11 is 1.67. The normalized spacial score (nSPS) is 17.8. The lowest BCUT2D eigenvalue weighted by Gasteiger charge is -2.36. The van der Waals surface area contributed by atoms with Gasteiger partial charge in [0.15, 0.2) is 5.16 Å². The van der Waals surface area contributed by atoms with Crippen molar-refractivity contribution in [2.24, 2.45) is 0 Å². The predicted octanol–water partition coefficient (Wildman–Crippen LogP) is 5.68. The molecule has 2 aromatic carbocycles. The standard InChI is InChI=1S/C25H28N2OS/c1-5-25(4)15-19-13-9-10-14-20(19)22-21(25)23(28)27(24(26-22)29-17(2)3)16-18-11-7-6-8-12-18/h6-14,17H,5,15-16H2,1-4H3. The Labute approximate surface area is 177 Å². The van der Waals surface area contributed by atoms with Crippen LogP contribution in [0.25, 0.3) is 11.3 Å². The summed E-state index contributed by atoms with van der Waals surface area (Å²) in [6.45, 7) is 9.24. The molecule has 0 N–H and O–H groups in total. The van der Waals surface area contributed by atoms with Gasteiger partial charge in [0.2, 0.25) is 0 Å². The molecular weight excluding hydrogens is 376 g/mol. The molecule has 0 saturated carbocycles. The minimum atomic E-state index is -0.201. The van der Waals surface area contributed by atoms with Gasteiger partial charge in [-0.25, -0.2) is 4.98 Å². The second-order valence-electron chi connectivity index (χ2n) is 8.41. The van der Waals surface area contributed by atoms with E-state index in [1.807, 2.05) is 28.8 Å². The largest absolute Gasteiger partial charge is 0.283 e. The SMILES string of the molecule is CCC1(C)Cc2ccccc2-c2nc(SC(C)C)n(Cc3ccccc3)c(=O)c21. The average Bonchev–Trinajstić information content (AvgIpc) is 2.71. The summed E-state index contributed by atoms with van der Waals surface area (Å²) in [5.41, 5.74) is 5.20. The summed E-state index contributed by atoms with van der Waals surface area (Å²) in [7, 11) is 0. The fourth-order valence-electron chi connectivity index (χ4n) is 4.20. The third kappa shape index (κ3) is 3.66. The molecule has 150 valence electrons. The second-order valence-corrected chi connectivity index (χ2v) is 9.95. The first-order valence-electron chi connectivity index (χ1n) is 10.4. The van der Waals surface area contributed by atoms with Crippen LogP contribution in [0.15, 0.2) is 64.5 Å². The summed E-state index contributed by atoms with van der Waals surface area (Å²) in [5, 5.41) is 1.15. The van der Waals surface area contributed by atoms with E-state index in [1.54, 1.807) is 11.8 Å². The molecule has 0 bridgehead atoms. The number of nitrogens with zero attached hydrogens (tertiary/aromatic N) is 2. The van der Waals surface area contributed by atoms with E-state index >= 15 is 0 Å². The lowest BCUT2D eigenvalue weighted by Crippen LogP contribution is -2.40. The smallest absolute Gasteiger partial charge is 0.258 e. The monoisotopic (exact) mass is 404 g/mol. The molecule has 4 rings (SSSR count). The van der Waals surface area contributed by atoms with Crippen LogP contribution in [0.4, 0.5) is 0 Å². The zero-order valence-corrected chi connectivity index (χ0v) is 18.4. The van der Waals surface area contributed by atoms with Crippen molar-refractivity contribution in [2.45, 2.75) is 62.9 Å². The van der Waals surface area contributed by atoms with Gasteiger partial charge >= 0.3 is 0 Å². The van der Waals surface area contributed by atoms with Crippen LogP contribution in [0.1, 0.15) is 50.8 Å². The van der Waals surface area contributed by atoms with E-state index in [9.17, 15) is 4.79 Å². The Kier molecular flexibility index (Phi) is 5.39. The highest BCUT2D eigenvalue weighted by molar-refractivity contribution is 7.99. The number of benzene rings is 2. The quantitative estimate of drug-likeness (QED) is 0.405. The maximum absolute atomic E-state index is 13.9. The third-order valence-electron chi connectivity index (χ3n) is 5.90. The molecule has 0 amide bonds. The number of hydrogen-bond acceptors (Lipinski definition) is 3. The first-order chi connectivity index (χ1) is 13.9. The number of rotatable bonds is 5. The first-order valence-corrected chi connectivity index (χ1v) is 11.2. The Hall–Kier alpha value is -2.33. The third-order valence-corrected chi connectivity index (χ3v) is 6.89. The van der Waals surface area contributed by atoms with Crippen molar-refractivity contribution in [3.05, 3.63) is 81.6 Å². The Morgan fingerprint density at radius 1 is 1.10 bits per heavy atom. The van der Waals surface area contributed by atoms with Crippen LogP contribution in [0.3, 0.4) is 0 Å². The molecule has 1 unspecified atom stereocenters.